The van der Waals surface area contributed by atoms with Crippen LogP contribution in [0.5, 0.6) is 11.5 Å². The van der Waals surface area contributed by atoms with Crippen LogP contribution in [0, 0.1) is 0 Å². The van der Waals surface area contributed by atoms with Gasteiger partial charge in [0.2, 0.25) is 0 Å². The van der Waals surface area contributed by atoms with Crippen LogP contribution in [-0.2, 0) is 10.8 Å². The van der Waals surface area contributed by atoms with E-state index in [1.807, 2.05) is 24.3 Å². The number of allylic oxidation sites excluding steroid dienone is 5. The standard InChI is InChI=1S/C48H38O/c1-5-19-33(6-2)39(34-20-10-7-11-21-34)32-35-22-18-29-42-45(35)49-46-43(31-30-41-44(46)38-27-16-17-28-40(38)47(41,3)4)48(42,36-23-12-8-13-24-36)37-25-14-9-15-26-37/h5-32H,1-2H2,3-4H3/b33-19+,39-32-. The lowest BCUT2D eigenvalue weighted by Crippen LogP contribution is -2.34. The summed E-state index contributed by atoms with van der Waals surface area (Å²) in [5.41, 5.74) is 13.0. The maximum Gasteiger partial charge on any atom is 0.140 e. The van der Waals surface area contributed by atoms with Gasteiger partial charge >= 0.3 is 0 Å². The Morgan fingerprint density at radius 1 is 0.571 bits per heavy atom. The van der Waals surface area contributed by atoms with Gasteiger partial charge in [0.1, 0.15) is 11.5 Å². The number of ether oxygens (including phenoxy) is 1. The van der Waals surface area contributed by atoms with E-state index >= 15 is 0 Å². The molecule has 0 N–H and O–H groups in total. The molecule has 1 aliphatic carbocycles. The van der Waals surface area contributed by atoms with Gasteiger partial charge in [0.25, 0.3) is 0 Å². The summed E-state index contributed by atoms with van der Waals surface area (Å²) >= 11 is 0. The fraction of sp³-hybridized carbons (Fsp3) is 0.0833. The molecule has 1 aliphatic heterocycles. The van der Waals surface area contributed by atoms with Crippen molar-refractivity contribution in [3.8, 4) is 22.6 Å². The Balaban J connectivity index is 1.52. The highest BCUT2D eigenvalue weighted by molar-refractivity contribution is 5.95. The van der Waals surface area contributed by atoms with Crippen LogP contribution in [0.4, 0.5) is 0 Å². The zero-order chi connectivity index (χ0) is 33.6. The van der Waals surface area contributed by atoms with E-state index in [0.717, 1.165) is 44.9 Å². The second kappa shape index (κ2) is 12.0. The van der Waals surface area contributed by atoms with Crippen LogP contribution in [0.1, 0.15) is 58.4 Å². The first-order valence-corrected chi connectivity index (χ1v) is 16.9. The van der Waals surface area contributed by atoms with E-state index in [1.54, 1.807) is 0 Å². The van der Waals surface area contributed by atoms with E-state index in [2.05, 4.69) is 173 Å². The van der Waals surface area contributed by atoms with E-state index in [-0.39, 0.29) is 5.41 Å². The third-order valence-electron chi connectivity index (χ3n) is 10.4. The van der Waals surface area contributed by atoms with E-state index in [4.69, 9.17) is 4.74 Å². The van der Waals surface area contributed by atoms with Gasteiger partial charge in [-0.05, 0) is 50.6 Å². The summed E-state index contributed by atoms with van der Waals surface area (Å²) < 4.78 is 7.40. The van der Waals surface area contributed by atoms with Gasteiger partial charge in [-0.3, -0.25) is 0 Å². The third-order valence-corrected chi connectivity index (χ3v) is 10.4. The summed E-state index contributed by atoms with van der Waals surface area (Å²) in [5.74, 6) is 1.78. The Hall–Kier alpha value is -5.92. The Morgan fingerprint density at radius 2 is 1.14 bits per heavy atom. The average molecular weight is 631 g/mol. The smallest absolute Gasteiger partial charge is 0.140 e. The molecule has 0 amide bonds. The molecule has 6 aromatic rings. The van der Waals surface area contributed by atoms with Gasteiger partial charge < -0.3 is 4.74 Å². The monoisotopic (exact) mass is 630 g/mol. The van der Waals surface area contributed by atoms with Crippen molar-refractivity contribution >= 4 is 11.6 Å². The van der Waals surface area contributed by atoms with E-state index in [9.17, 15) is 0 Å². The lowest BCUT2D eigenvalue weighted by atomic mass is 9.62. The Bertz CT molecular complexity index is 2250. The first kappa shape index (κ1) is 30.4. The van der Waals surface area contributed by atoms with E-state index < -0.39 is 5.41 Å². The lowest BCUT2D eigenvalue weighted by Gasteiger charge is -2.43. The number of fused-ring (bicyclic) bond motifs is 6. The second-order valence-electron chi connectivity index (χ2n) is 13.3. The minimum absolute atomic E-state index is 0.166. The minimum atomic E-state index is -0.642. The van der Waals surface area contributed by atoms with E-state index in [0.29, 0.717) is 0 Å². The van der Waals surface area contributed by atoms with Crippen molar-refractivity contribution in [1.82, 2.24) is 0 Å². The Labute approximate surface area is 289 Å². The van der Waals surface area contributed by atoms with Crippen LogP contribution < -0.4 is 4.74 Å². The summed E-state index contributed by atoms with van der Waals surface area (Å²) in [6.07, 6.45) is 7.98. The summed E-state index contributed by atoms with van der Waals surface area (Å²) in [5, 5.41) is 0. The van der Waals surface area contributed by atoms with Crippen LogP contribution >= 0.6 is 0 Å². The number of rotatable bonds is 7. The normalized spacial score (nSPS) is 15.2. The van der Waals surface area contributed by atoms with Crippen LogP contribution in [0.25, 0.3) is 22.8 Å². The van der Waals surface area contributed by atoms with Gasteiger partial charge in [0, 0.05) is 27.7 Å². The summed E-state index contributed by atoms with van der Waals surface area (Å²) in [4.78, 5) is 0. The molecule has 0 saturated heterocycles. The molecule has 0 fully saturated rings. The molecule has 0 unspecified atom stereocenters. The van der Waals surface area contributed by atoms with Crippen molar-refractivity contribution in [3.63, 3.8) is 0 Å². The average Bonchev–Trinajstić information content (AvgIpc) is 3.39. The number of benzene rings is 6. The first-order valence-electron chi connectivity index (χ1n) is 16.9. The highest BCUT2D eigenvalue weighted by Crippen LogP contribution is 2.62. The predicted molar refractivity (Wildman–Crippen MR) is 205 cm³/mol. The summed E-state index contributed by atoms with van der Waals surface area (Å²) in [6.45, 7) is 12.8. The largest absolute Gasteiger partial charge is 0.455 e. The topological polar surface area (TPSA) is 9.23 Å². The van der Waals surface area contributed by atoms with Gasteiger partial charge in [0.05, 0.1) is 5.41 Å². The predicted octanol–water partition coefficient (Wildman–Crippen LogP) is 12.3. The van der Waals surface area contributed by atoms with Crippen LogP contribution in [0.2, 0.25) is 0 Å². The molecule has 8 rings (SSSR count). The van der Waals surface area contributed by atoms with Gasteiger partial charge in [0.15, 0.2) is 0 Å². The highest BCUT2D eigenvalue weighted by Gasteiger charge is 2.49. The molecule has 0 spiro atoms. The maximum absolute atomic E-state index is 7.40. The van der Waals surface area contributed by atoms with Crippen molar-refractivity contribution in [2.45, 2.75) is 24.7 Å². The molecule has 0 aromatic heterocycles. The van der Waals surface area contributed by atoms with Crippen LogP contribution in [-0.4, -0.2) is 0 Å². The summed E-state index contributed by atoms with van der Waals surface area (Å²) in [7, 11) is 0. The maximum atomic E-state index is 7.40. The molecule has 1 heteroatoms. The van der Waals surface area contributed by atoms with Gasteiger partial charge in [-0.2, -0.15) is 0 Å². The SMILES string of the molecule is C=C/C=C(C=C)/C(=C/c1cccc2c1Oc1c(ccc3c1-c1ccccc1C3(C)C)C2(c1ccccc1)c1ccccc1)c1ccccc1. The molecular weight excluding hydrogens is 593 g/mol. The number of para-hydroxylation sites is 1. The van der Waals surface area contributed by atoms with Crippen molar-refractivity contribution < 1.29 is 4.74 Å². The Morgan fingerprint density at radius 3 is 1.80 bits per heavy atom. The highest BCUT2D eigenvalue weighted by atomic mass is 16.5. The molecule has 0 atom stereocenters. The molecule has 0 radical (unpaired) electrons. The van der Waals surface area contributed by atoms with Crippen molar-refractivity contribution in [1.29, 1.82) is 0 Å². The fourth-order valence-corrected chi connectivity index (χ4v) is 8.15. The van der Waals surface area contributed by atoms with Gasteiger partial charge in [-0.1, -0.05) is 191 Å². The minimum Gasteiger partial charge on any atom is -0.455 e. The molecule has 2 aliphatic rings. The number of hydrogen-bond acceptors (Lipinski definition) is 1. The summed E-state index contributed by atoms with van der Waals surface area (Å²) in [6, 6.07) is 52.4. The quantitative estimate of drug-likeness (QED) is 0.126. The molecule has 49 heavy (non-hydrogen) atoms. The zero-order valence-electron chi connectivity index (χ0n) is 28.0. The second-order valence-corrected chi connectivity index (χ2v) is 13.3. The molecule has 1 nitrogen and oxygen atoms in total. The van der Waals surface area contributed by atoms with E-state index in [1.165, 1.54) is 33.4 Å². The molecule has 6 aromatic carbocycles. The van der Waals surface area contributed by atoms with Gasteiger partial charge in [-0.25, -0.2) is 0 Å². The van der Waals surface area contributed by atoms with Crippen LogP contribution in [0.3, 0.4) is 0 Å². The third kappa shape index (κ3) is 4.61. The molecule has 0 bridgehead atoms. The molecule has 1 heterocycles. The molecular formula is C48H38O. The lowest BCUT2D eigenvalue weighted by molar-refractivity contribution is 0.434. The van der Waals surface area contributed by atoms with Crippen molar-refractivity contribution in [2.75, 3.05) is 0 Å². The van der Waals surface area contributed by atoms with Crippen molar-refractivity contribution in [2.24, 2.45) is 0 Å². The van der Waals surface area contributed by atoms with Crippen LogP contribution in [0.15, 0.2) is 183 Å². The fourth-order valence-electron chi connectivity index (χ4n) is 8.15. The number of hydrogen-bond donors (Lipinski definition) is 0. The van der Waals surface area contributed by atoms with Crippen molar-refractivity contribution in [3.05, 3.63) is 227 Å². The Kier molecular flexibility index (Phi) is 7.42. The molecule has 236 valence electrons. The molecule has 0 saturated carbocycles. The first-order chi connectivity index (χ1) is 24.0. The zero-order valence-corrected chi connectivity index (χ0v) is 28.0. The van der Waals surface area contributed by atoms with Gasteiger partial charge in [-0.15, -0.1) is 0 Å².